The maximum atomic E-state index is 14.7. The van der Waals surface area contributed by atoms with Crippen LogP contribution in [-0.4, -0.2) is 292 Å². The van der Waals surface area contributed by atoms with Gasteiger partial charge >= 0.3 is 12.1 Å². The van der Waals surface area contributed by atoms with E-state index in [2.05, 4.69) is 83.0 Å². The molecule has 7 aromatic rings. The highest BCUT2D eigenvalue weighted by atomic mass is 16.6. The van der Waals surface area contributed by atoms with Gasteiger partial charge in [0.05, 0.1) is 49.0 Å². The molecule has 9 N–H and O–H groups in total. The van der Waals surface area contributed by atoms with Gasteiger partial charge in [0.15, 0.2) is 11.4 Å². The second-order valence-electron chi connectivity index (χ2n) is 35.9. The van der Waals surface area contributed by atoms with E-state index in [1.165, 1.54) is 32.0 Å². The van der Waals surface area contributed by atoms with E-state index in [-0.39, 0.29) is 55.7 Å². The molecule has 0 radical (unpaired) electrons. The van der Waals surface area contributed by atoms with Gasteiger partial charge in [-0.05, 0) is 136 Å². The normalized spacial score (nSPS) is 28.5. The molecule has 1 aliphatic carbocycles. The molecule has 12 heterocycles. The van der Waals surface area contributed by atoms with Crippen LogP contribution >= 0.6 is 0 Å². The first-order valence-electron chi connectivity index (χ1n) is 45.5. The van der Waals surface area contributed by atoms with Gasteiger partial charge in [0.2, 0.25) is 17.7 Å². The molecule has 15 atom stereocenters. The zero-order chi connectivity index (χ0) is 91.2. The molecule has 0 unspecified atom stereocenters. The summed E-state index contributed by atoms with van der Waals surface area (Å²) in [7, 11) is 3.08. The molecule has 6 aromatic heterocycles. The molecule has 5 fully saturated rings. The van der Waals surface area contributed by atoms with Gasteiger partial charge in [0, 0.05) is 196 Å². The number of hydrogen-bond acceptors (Lipinski definition) is 30. The largest absolute Gasteiger partial charge is 0.459 e. The van der Waals surface area contributed by atoms with E-state index in [4.69, 9.17) is 45.0 Å². The Kier molecular flexibility index (Phi) is 31.7. The van der Waals surface area contributed by atoms with Crippen LogP contribution in [0.4, 0.5) is 22.5 Å². The van der Waals surface area contributed by atoms with E-state index in [9.17, 15) is 48.9 Å². The number of nitrogens with two attached hydrogens (primary N) is 2. The van der Waals surface area contributed by atoms with Gasteiger partial charge in [-0.25, -0.2) is 49.2 Å². The Morgan fingerprint density at radius 3 is 2.16 bits per heavy atom. The van der Waals surface area contributed by atoms with Gasteiger partial charge in [0.1, 0.15) is 59.7 Å². The number of methoxy groups -OCH3 is 2. The summed E-state index contributed by atoms with van der Waals surface area (Å²) < 4.78 is 38.3. The minimum Gasteiger partial charge on any atom is -0.459 e. The zero-order valence-electron chi connectivity index (χ0n) is 75.2. The zero-order valence-corrected chi connectivity index (χ0v) is 75.2. The number of nitrogens with zero attached hydrogens (tertiary/aromatic N) is 15. The number of alkyl carbamates (subject to hydrolysis) is 1. The Bertz CT molecular complexity index is 5200. The number of Topliss-reactive ketones (excluding diaryl/α,β-unsaturated/α-hetero) is 3. The number of pyridine rings is 1. The number of nitrogens with one attached hydrogen (secondary N) is 2. The van der Waals surface area contributed by atoms with E-state index in [0.29, 0.717) is 136 Å². The number of benzene rings is 1. The summed E-state index contributed by atoms with van der Waals surface area (Å²) in [6.45, 7) is 21.0. The first kappa shape index (κ1) is 94.4. The number of aromatic nitrogens is 10. The third-order valence-corrected chi connectivity index (χ3v) is 26.8. The number of carbonyl (C=O) groups excluding carboxylic acids is 7. The lowest BCUT2D eigenvalue weighted by Crippen LogP contribution is -2.61. The SMILES string of the molecule is CO[C@H]1C[C@@H]2CC[C@@H](C)[C@@](O)(O2)C(=O)C(=O)N2CCCC[C@H]2C(=O)O[C@H]([C@H](N)C[C@@H]2CC[C@@H](OC(=O)NCc3cnc(N4CCN(CCOCCN5CCN(c6ncc(C(=O)N7CCc8cc(Cn9nc(-c%10cnc%11[nH]ccc%11c%10)c%10c(N)ncnc%109)ccc8C7)cn6)CC5)CC4)nc3)[C@H](OC)C2)CC(=O)[C@H](C)/C=C(\C)[C@@H](O)[C@@H](O)C(=O)[C@H](C)C[C@H](C)/C=C/C=C/C=C/1C. The number of H-pyrrole nitrogens is 1. The third-order valence-electron chi connectivity index (χ3n) is 26.8. The predicted molar refractivity (Wildman–Crippen MR) is 481 cm³/mol. The number of piperazine rings is 2. The minimum absolute atomic E-state index is 0.00106. The highest BCUT2D eigenvalue weighted by Crippen LogP contribution is 2.39. The van der Waals surface area contributed by atoms with E-state index in [1.54, 1.807) is 58.9 Å². The monoisotopic (exact) mass is 1780 g/mol. The van der Waals surface area contributed by atoms with Crippen molar-refractivity contribution in [3.05, 3.63) is 149 Å². The average Bonchev–Trinajstić information content (AvgIpc) is 1.51. The van der Waals surface area contributed by atoms with E-state index < -0.39 is 120 Å². The fourth-order valence-electron chi connectivity index (χ4n) is 18.8. The lowest BCUT2D eigenvalue weighted by molar-refractivity contribution is -0.265. The maximum Gasteiger partial charge on any atom is 0.407 e. The highest BCUT2D eigenvalue weighted by Gasteiger charge is 2.53. The first-order valence-corrected chi connectivity index (χ1v) is 45.5. The Balaban J connectivity index is 0.498. The van der Waals surface area contributed by atoms with E-state index in [1.807, 2.05) is 72.1 Å². The van der Waals surface area contributed by atoms with E-state index in [0.717, 1.165) is 104 Å². The number of allylic oxidation sites excluding steroid dienone is 6. The fraction of sp³-hybridized carbons (Fsp3) is 0.564. The Morgan fingerprint density at radius 2 is 1.45 bits per heavy atom. The number of aliphatic hydroxyl groups is 3. The van der Waals surface area contributed by atoms with Crippen LogP contribution in [0.15, 0.2) is 121 Å². The van der Waals surface area contributed by atoms with Crippen molar-refractivity contribution in [2.75, 3.05) is 122 Å². The van der Waals surface area contributed by atoms with E-state index >= 15 is 0 Å². The highest BCUT2D eigenvalue weighted by molar-refractivity contribution is 6.39. The molecule has 7 aliphatic rings. The summed E-state index contributed by atoms with van der Waals surface area (Å²) in [4.78, 5) is 146. The van der Waals surface area contributed by atoms with Crippen molar-refractivity contribution in [1.29, 1.82) is 0 Å². The van der Waals surface area contributed by atoms with Crippen LogP contribution in [0, 0.1) is 29.6 Å². The van der Waals surface area contributed by atoms with Crippen molar-refractivity contribution in [3.8, 4) is 11.3 Å². The number of ether oxygens (including phenoxy) is 6. The molecular weight excluding hydrogens is 1650 g/mol. The molecule has 6 aliphatic heterocycles. The number of ketones is 3. The number of anilines is 3. The van der Waals surface area contributed by atoms with Crippen LogP contribution in [0.3, 0.4) is 0 Å². The number of piperidine rings is 1. The summed E-state index contributed by atoms with van der Waals surface area (Å²) >= 11 is 0. The van der Waals surface area contributed by atoms with Gasteiger partial charge in [-0.15, -0.1) is 0 Å². The van der Waals surface area contributed by atoms with Crippen LogP contribution in [0.5, 0.6) is 0 Å². The number of aromatic amines is 1. The number of hydrogen-bond donors (Lipinski definition) is 7. The molecule has 14 rings (SSSR count). The van der Waals surface area contributed by atoms with Crippen molar-refractivity contribution in [2.24, 2.45) is 35.3 Å². The molecule has 0 spiro atoms. The summed E-state index contributed by atoms with van der Waals surface area (Å²) in [6, 6.07) is 8.10. The molecule has 35 nitrogen and oxygen atoms in total. The molecule has 3 amide bonds. The van der Waals surface area contributed by atoms with Gasteiger partial charge < -0.3 is 85.1 Å². The fourth-order valence-corrected chi connectivity index (χ4v) is 18.8. The van der Waals surface area contributed by atoms with Crippen LogP contribution in [0.2, 0.25) is 0 Å². The van der Waals surface area contributed by atoms with Crippen molar-refractivity contribution in [3.63, 3.8) is 0 Å². The Labute approximate surface area is 751 Å². The van der Waals surface area contributed by atoms with Crippen molar-refractivity contribution in [2.45, 2.75) is 205 Å². The number of aliphatic hydroxyl groups excluding tert-OH is 2. The van der Waals surface area contributed by atoms with Gasteiger partial charge in [0.25, 0.3) is 17.6 Å². The molecule has 1 saturated carbocycles. The number of fused-ring (bicyclic) bond motifs is 6. The smallest absolute Gasteiger partial charge is 0.407 e. The number of carbonyl (C=O) groups is 7. The number of cyclic esters (lactones) is 1. The lowest BCUT2D eigenvalue weighted by atomic mass is 9.80. The van der Waals surface area contributed by atoms with Crippen molar-refractivity contribution in [1.82, 2.24) is 74.6 Å². The Hall–Kier alpha value is -10.7. The lowest BCUT2D eigenvalue weighted by Gasteiger charge is -2.42. The molecule has 129 heavy (non-hydrogen) atoms. The molecule has 35 heteroatoms. The summed E-state index contributed by atoms with van der Waals surface area (Å²) in [6.07, 6.45) is 19.2. The first-order chi connectivity index (χ1) is 62.2. The number of nitrogen functional groups attached to an aromatic ring is 1. The number of esters is 1. The molecule has 2 bridgehead atoms. The maximum absolute atomic E-state index is 14.7. The minimum atomic E-state index is -2.51. The molecular formula is C94H125N19O16. The molecule has 1 aromatic carbocycles. The van der Waals surface area contributed by atoms with Crippen LogP contribution in [-0.2, 0) is 78.4 Å². The molecule has 692 valence electrons. The van der Waals surface area contributed by atoms with Crippen LogP contribution < -0.4 is 26.6 Å². The standard InChI is InChI=1S/C94H125N19O16/c1-57-14-10-9-11-15-58(2)76(124-7)46-71-21-17-62(6)94(123,129-71)84(118)89(120)112-26-13-12-16-73(112)90(121)127-77(47-74(114)59(3)41-61(5)82(116)83(117)81(115)60(4)40-57)72(95)43-63-19-22-75(78(44-63)125-8)128-93(122)103-50-65-48-99-91(100-49-65)109-32-28-107(29-33-109)36-38-126-39-37-108-30-34-110(35-31-108)92-101-52-70(53-102-92)88(119)111-27-24-66-42-64(18-20-68(66)55-111)54-113-87-79(85(96)104-56-105-87)80(106-113)69-45-67-23-25-97-86(67)98-51-69/h9-11,14-15,18,20,23,25,41-42,45,48-49,51-53,56-57,59-60,62-63,71-73,75-78,82-83,116-117,123H,12-13,16-17,19,21-22,24,26-40,43-44,46-47,50,54-55,95H2,1-8H3,(H,97,98)(H,103,122)(H2,96,104,105)/b11-9+,14-10+,58-15+,61-41+/t57-,59-,60-,62-,63+,71+,72-,73+,75-,76+,77+,78-,82-,83+,94-/m1/s1. The third kappa shape index (κ3) is 23.2. The predicted octanol–water partition coefficient (Wildman–Crippen LogP) is 7.20. The average molecular weight is 1780 g/mol. The summed E-state index contributed by atoms with van der Waals surface area (Å²) in [5, 5.41) is 44.2. The summed E-state index contributed by atoms with van der Waals surface area (Å²) in [5.74, 6) is -7.85. The molecule has 4 saturated heterocycles. The number of rotatable bonds is 20. The number of amides is 3. The quantitative estimate of drug-likeness (QED) is 0.0171. The van der Waals surface area contributed by atoms with Crippen LogP contribution in [0.1, 0.15) is 151 Å². The second-order valence-corrected chi connectivity index (χ2v) is 35.9. The van der Waals surface area contributed by atoms with Crippen LogP contribution in [0.25, 0.3) is 33.3 Å². The summed E-state index contributed by atoms with van der Waals surface area (Å²) in [5.41, 5.74) is 21.9. The van der Waals surface area contributed by atoms with Crippen molar-refractivity contribution >= 4 is 81.0 Å². The van der Waals surface area contributed by atoms with Gasteiger partial charge in [-0.1, -0.05) is 82.4 Å². The Morgan fingerprint density at radius 1 is 0.729 bits per heavy atom. The van der Waals surface area contributed by atoms with Gasteiger partial charge in [-0.3, -0.25) is 33.8 Å². The van der Waals surface area contributed by atoms with Gasteiger partial charge in [-0.2, -0.15) is 5.10 Å². The topological polar surface area (TPSA) is 443 Å². The van der Waals surface area contributed by atoms with Crippen molar-refractivity contribution < 1.29 is 77.3 Å². The second kappa shape index (κ2) is 43.3.